The number of rotatable bonds is 9. The van der Waals surface area contributed by atoms with E-state index in [4.69, 9.17) is 33.3 Å². The molecule has 8 heteroatoms. The molecule has 8 nitrogen and oxygen atoms in total. The summed E-state index contributed by atoms with van der Waals surface area (Å²) in [5, 5.41) is 19.4. The van der Waals surface area contributed by atoms with Crippen LogP contribution in [0.25, 0.3) is 21.9 Å². The van der Waals surface area contributed by atoms with Crippen molar-refractivity contribution in [3.63, 3.8) is 0 Å². The zero-order valence-corrected chi connectivity index (χ0v) is 18.0. The molecule has 0 aliphatic carbocycles. The average Bonchev–Trinajstić information content (AvgIpc) is 3.44. The predicted octanol–water partition coefficient (Wildman–Crippen LogP) is 4.06. The second-order valence-corrected chi connectivity index (χ2v) is 6.91. The number of methoxy groups -OCH3 is 2. The van der Waals surface area contributed by atoms with Crippen molar-refractivity contribution < 1.29 is 38.1 Å². The Labute approximate surface area is 184 Å². The van der Waals surface area contributed by atoms with Crippen LogP contribution in [0.5, 0.6) is 11.5 Å². The first-order valence-electron chi connectivity index (χ1n) is 10.0. The van der Waals surface area contributed by atoms with E-state index < -0.39 is 5.97 Å². The summed E-state index contributed by atoms with van der Waals surface area (Å²) in [6.45, 7) is 0.183. The molecular formula is C24H26O8. The van der Waals surface area contributed by atoms with Gasteiger partial charge in [-0.2, -0.15) is 0 Å². The van der Waals surface area contributed by atoms with Gasteiger partial charge in [0.25, 0.3) is 0 Å². The van der Waals surface area contributed by atoms with Crippen molar-refractivity contribution in [1.82, 2.24) is 0 Å². The first-order chi connectivity index (χ1) is 15.5. The number of hydrogen-bond acceptors (Lipinski definition) is 7. The molecule has 0 atom stereocenters. The van der Waals surface area contributed by atoms with Crippen molar-refractivity contribution in [2.24, 2.45) is 0 Å². The van der Waals surface area contributed by atoms with Crippen LogP contribution in [0.4, 0.5) is 0 Å². The van der Waals surface area contributed by atoms with Gasteiger partial charge in [0.15, 0.2) is 0 Å². The summed E-state index contributed by atoms with van der Waals surface area (Å²) in [7, 11) is 3.21. The van der Waals surface area contributed by atoms with Gasteiger partial charge in [-0.25, -0.2) is 4.79 Å². The summed E-state index contributed by atoms with van der Waals surface area (Å²) in [5.41, 5.74) is 3.55. The van der Waals surface area contributed by atoms with E-state index in [2.05, 4.69) is 0 Å². The van der Waals surface area contributed by atoms with Gasteiger partial charge in [0, 0.05) is 29.5 Å². The fraction of sp³-hybridized carbons (Fsp3) is 0.292. The highest BCUT2D eigenvalue weighted by atomic mass is 16.5. The van der Waals surface area contributed by atoms with Gasteiger partial charge >= 0.3 is 5.97 Å². The van der Waals surface area contributed by atoms with Gasteiger partial charge in [0.05, 0.1) is 33.4 Å². The van der Waals surface area contributed by atoms with Crippen molar-refractivity contribution >= 4 is 27.9 Å². The van der Waals surface area contributed by atoms with Crippen LogP contribution in [-0.4, -0.2) is 50.2 Å². The zero-order valence-electron chi connectivity index (χ0n) is 18.0. The lowest BCUT2D eigenvalue weighted by molar-refractivity contribution is -0.142. The number of benzene rings is 2. The molecule has 2 aromatic carbocycles. The van der Waals surface area contributed by atoms with Crippen molar-refractivity contribution in [2.75, 3.05) is 34.0 Å². The summed E-state index contributed by atoms with van der Waals surface area (Å²) in [5.74, 6) is 0.519. The van der Waals surface area contributed by atoms with Crippen molar-refractivity contribution in [3.05, 3.63) is 60.1 Å². The normalized spacial score (nSPS) is 10.7. The number of aliphatic hydroxyl groups is 1. The second-order valence-electron chi connectivity index (χ2n) is 6.91. The molecule has 4 rings (SSSR count). The fourth-order valence-electron chi connectivity index (χ4n) is 3.31. The Morgan fingerprint density at radius 1 is 0.875 bits per heavy atom. The highest BCUT2D eigenvalue weighted by Crippen LogP contribution is 2.28. The lowest BCUT2D eigenvalue weighted by Gasteiger charge is -2.08. The van der Waals surface area contributed by atoms with Crippen LogP contribution in [0, 0.1) is 0 Å². The molecule has 170 valence electrons. The molecule has 4 aromatic rings. The standard InChI is InChI=1S/C13H14O5.C11H12O3/c1-16-11-7-12-10(3-5-18-12)6-9(11)2-4-17-8-13(14)15;1-13-10-7-11-9(3-5-14-11)6-8(10)2-4-12/h3,5-7H,2,4,8H2,1H3,(H,14,15);3,5-7,12H,2,4H2,1H3. The molecule has 0 radical (unpaired) electrons. The highest BCUT2D eigenvalue weighted by Gasteiger charge is 2.08. The van der Waals surface area contributed by atoms with Crippen molar-refractivity contribution in [1.29, 1.82) is 0 Å². The lowest BCUT2D eigenvalue weighted by Crippen LogP contribution is -2.09. The third-order valence-electron chi connectivity index (χ3n) is 4.83. The maximum Gasteiger partial charge on any atom is 0.329 e. The van der Waals surface area contributed by atoms with Gasteiger partial charge in [0.2, 0.25) is 0 Å². The average molecular weight is 442 g/mol. The van der Waals surface area contributed by atoms with Crippen molar-refractivity contribution in [2.45, 2.75) is 12.8 Å². The molecule has 2 aromatic heterocycles. The fourth-order valence-corrected chi connectivity index (χ4v) is 3.31. The Morgan fingerprint density at radius 3 is 1.88 bits per heavy atom. The minimum absolute atomic E-state index is 0.125. The lowest BCUT2D eigenvalue weighted by atomic mass is 10.1. The van der Waals surface area contributed by atoms with E-state index >= 15 is 0 Å². The number of hydrogen-bond donors (Lipinski definition) is 2. The first-order valence-corrected chi connectivity index (χ1v) is 10.0. The molecule has 0 bridgehead atoms. The third kappa shape index (κ3) is 5.81. The van der Waals surface area contributed by atoms with E-state index in [9.17, 15) is 4.79 Å². The molecular weight excluding hydrogens is 416 g/mol. The minimum atomic E-state index is -0.966. The van der Waals surface area contributed by atoms with Gasteiger partial charge < -0.3 is 33.3 Å². The van der Waals surface area contributed by atoms with Gasteiger partial charge in [0.1, 0.15) is 29.3 Å². The highest BCUT2D eigenvalue weighted by molar-refractivity contribution is 5.80. The van der Waals surface area contributed by atoms with E-state index in [-0.39, 0.29) is 13.2 Å². The molecule has 0 fully saturated rings. The largest absolute Gasteiger partial charge is 0.496 e. The smallest absolute Gasteiger partial charge is 0.329 e. The Kier molecular flexibility index (Phi) is 8.13. The molecule has 0 spiro atoms. The molecule has 0 aliphatic heterocycles. The number of carboxylic acid groups (broad SMARTS) is 1. The number of fused-ring (bicyclic) bond motifs is 2. The Morgan fingerprint density at radius 2 is 1.41 bits per heavy atom. The molecule has 0 saturated heterocycles. The van der Waals surface area contributed by atoms with E-state index in [0.29, 0.717) is 19.4 Å². The maximum atomic E-state index is 10.3. The number of aliphatic hydroxyl groups excluding tert-OH is 1. The van der Waals surface area contributed by atoms with Crippen LogP contribution in [-0.2, 0) is 22.4 Å². The molecule has 2 heterocycles. The van der Waals surface area contributed by atoms with E-state index in [1.165, 1.54) is 0 Å². The number of carbonyl (C=O) groups is 1. The van der Waals surface area contributed by atoms with Crippen LogP contribution < -0.4 is 9.47 Å². The van der Waals surface area contributed by atoms with Crippen LogP contribution in [0.15, 0.2) is 57.8 Å². The summed E-state index contributed by atoms with van der Waals surface area (Å²) in [6, 6.07) is 11.4. The first kappa shape index (κ1) is 23.2. The molecule has 0 amide bonds. The number of ether oxygens (including phenoxy) is 3. The quantitative estimate of drug-likeness (QED) is 0.373. The molecule has 2 N–H and O–H groups in total. The Hall–Kier alpha value is -3.49. The number of carboxylic acids is 1. The van der Waals surface area contributed by atoms with E-state index in [1.807, 2.05) is 36.4 Å². The Bertz CT molecular complexity index is 1160. The molecule has 0 saturated carbocycles. The summed E-state index contributed by atoms with van der Waals surface area (Å²) < 4.78 is 26.0. The van der Waals surface area contributed by atoms with Gasteiger partial charge in [-0.1, -0.05) is 0 Å². The molecule has 0 aliphatic rings. The maximum absolute atomic E-state index is 10.3. The topological polar surface area (TPSA) is 112 Å². The van der Waals surface area contributed by atoms with Crippen LogP contribution in [0.1, 0.15) is 11.1 Å². The van der Waals surface area contributed by atoms with Gasteiger partial charge in [-0.05, 0) is 48.2 Å². The van der Waals surface area contributed by atoms with Crippen molar-refractivity contribution in [3.8, 4) is 11.5 Å². The SMILES string of the molecule is COc1cc2occc2cc1CCO.COc1cc2occc2cc1CCOCC(=O)O. The second kappa shape index (κ2) is 11.2. The number of furan rings is 2. The monoisotopic (exact) mass is 442 g/mol. The van der Waals surface area contributed by atoms with E-state index in [0.717, 1.165) is 44.6 Å². The van der Waals surface area contributed by atoms with Gasteiger partial charge in [-0.15, -0.1) is 0 Å². The third-order valence-corrected chi connectivity index (χ3v) is 4.83. The minimum Gasteiger partial charge on any atom is -0.496 e. The van der Waals surface area contributed by atoms with Crippen LogP contribution >= 0.6 is 0 Å². The summed E-state index contributed by atoms with van der Waals surface area (Å²) in [6.07, 6.45) is 4.46. The summed E-state index contributed by atoms with van der Waals surface area (Å²) >= 11 is 0. The predicted molar refractivity (Wildman–Crippen MR) is 118 cm³/mol. The van der Waals surface area contributed by atoms with Gasteiger partial charge in [-0.3, -0.25) is 0 Å². The van der Waals surface area contributed by atoms with Crippen LogP contribution in [0.2, 0.25) is 0 Å². The Balaban J connectivity index is 0.000000186. The molecule has 32 heavy (non-hydrogen) atoms. The zero-order chi connectivity index (χ0) is 22.9. The van der Waals surface area contributed by atoms with Crippen LogP contribution in [0.3, 0.4) is 0 Å². The molecule has 0 unspecified atom stereocenters. The number of aliphatic carboxylic acids is 1. The van der Waals surface area contributed by atoms with E-state index in [1.54, 1.807) is 26.7 Å². The summed E-state index contributed by atoms with van der Waals surface area (Å²) in [4.78, 5) is 10.3.